The molecule has 1 aromatic rings. The number of hydrogen-bond acceptors (Lipinski definition) is 5. The highest BCUT2D eigenvalue weighted by molar-refractivity contribution is 5.94. The molecule has 7 nitrogen and oxygen atoms in total. The van der Waals surface area contributed by atoms with Crippen LogP contribution in [0, 0.1) is 0 Å². The van der Waals surface area contributed by atoms with Crippen molar-refractivity contribution in [3.8, 4) is 0 Å². The van der Waals surface area contributed by atoms with Crippen molar-refractivity contribution in [2.45, 2.75) is 45.4 Å². The van der Waals surface area contributed by atoms with Crippen LogP contribution in [0.3, 0.4) is 0 Å². The van der Waals surface area contributed by atoms with Crippen LogP contribution in [-0.4, -0.2) is 53.9 Å². The van der Waals surface area contributed by atoms with Gasteiger partial charge in [-0.05, 0) is 44.0 Å². The zero-order chi connectivity index (χ0) is 19.6. The molecule has 1 aliphatic rings. The lowest BCUT2D eigenvalue weighted by Gasteiger charge is -2.36. The maximum Gasteiger partial charge on any atom is 0.243 e. The number of carbonyl (C=O) groups is 3. The SMILES string of the molecule is CC(=O)c1ccc(N2CCN(C(=O)CCCCCCC(=O)NO)CC2)cc1. The predicted octanol–water partition coefficient (Wildman–Crippen LogP) is 2.38. The normalized spacial score (nSPS) is 14.1. The van der Waals surface area contributed by atoms with E-state index in [4.69, 9.17) is 5.21 Å². The average molecular weight is 375 g/mol. The standard InChI is InChI=1S/C20H29N3O4/c1-16(24)17-8-10-18(11-9-17)22-12-14-23(15-13-22)20(26)7-5-3-2-4-6-19(25)21-27/h8-11,27H,2-7,12-15H2,1H3,(H,21,25). The molecule has 1 fully saturated rings. The number of benzene rings is 1. The van der Waals surface area contributed by atoms with Crippen molar-refractivity contribution >= 4 is 23.3 Å². The van der Waals surface area contributed by atoms with Crippen LogP contribution < -0.4 is 10.4 Å². The number of ketones is 1. The minimum Gasteiger partial charge on any atom is -0.368 e. The molecule has 7 heteroatoms. The number of hydrogen-bond donors (Lipinski definition) is 2. The molecule has 0 aliphatic carbocycles. The van der Waals surface area contributed by atoms with Gasteiger partial charge >= 0.3 is 0 Å². The highest BCUT2D eigenvalue weighted by Gasteiger charge is 2.20. The van der Waals surface area contributed by atoms with Gasteiger partial charge in [-0.2, -0.15) is 0 Å². The summed E-state index contributed by atoms with van der Waals surface area (Å²) in [6.45, 7) is 4.57. The van der Waals surface area contributed by atoms with Crippen LogP contribution in [0.5, 0.6) is 0 Å². The second kappa shape index (κ2) is 10.7. The van der Waals surface area contributed by atoms with Crippen molar-refractivity contribution in [2.75, 3.05) is 31.1 Å². The molecule has 1 heterocycles. The zero-order valence-electron chi connectivity index (χ0n) is 15.9. The van der Waals surface area contributed by atoms with E-state index in [0.29, 0.717) is 31.5 Å². The third-order valence-corrected chi connectivity index (χ3v) is 4.94. The highest BCUT2D eigenvalue weighted by atomic mass is 16.5. The van der Waals surface area contributed by atoms with E-state index < -0.39 is 0 Å². The van der Waals surface area contributed by atoms with E-state index in [9.17, 15) is 14.4 Å². The van der Waals surface area contributed by atoms with Crippen LogP contribution in [0.15, 0.2) is 24.3 Å². The molecular formula is C20H29N3O4. The number of nitrogens with zero attached hydrogens (tertiary/aromatic N) is 2. The van der Waals surface area contributed by atoms with Crippen LogP contribution in [-0.2, 0) is 9.59 Å². The smallest absolute Gasteiger partial charge is 0.243 e. The number of nitrogens with one attached hydrogen (secondary N) is 1. The van der Waals surface area contributed by atoms with Crippen molar-refractivity contribution in [3.63, 3.8) is 0 Å². The summed E-state index contributed by atoms with van der Waals surface area (Å²) in [5.41, 5.74) is 3.42. The third kappa shape index (κ3) is 6.67. The Kier molecular flexibility index (Phi) is 8.26. The van der Waals surface area contributed by atoms with Crippen LogP contribution in [0.25, 0.3) is 0 Å². The van der Waals surface area contributed by atoms with Crippen molar-refractivity contribution in [3.05, 3.63) is 29.8 Å². The molecule has 148 valence electrons. The van der Waals surface area contributed by atoms with Crippen molar-refractivity contribution in [1.29, 1.82) is 0 Å². The third-order valence-electron chi connectivity index (χ3n) is 4.94. The topological polar surface area (TPSA) is 90.0 Å². The molecule has 1 aromatic carbocycles. The summed E-state index contributed by atoms with van der Waals surface area (Å²) in [5, 5.41) is 8.41. The summed E-state index contributed by atoms with van der Waals surface area (Å²) in [4.78, 5) is 38.7. The van der Waals surface area contributed by atoms with E-state index in [1.807, 2.05) is 29.2 Å². The van der Waals surface area contributed by atoms with E-state index in [-0.39, 0.29) is 17.6 Å². The van der Waals surface area contributed by atoms with Crippen LogP contribution in [0.1, 0.15) is 55.8 Å². The lowest BCUT2D eigenvalue weighted by Crippen LogP contribution is -2.48. The summed E-state index contributed by atoms with van der Waals surface area (Å²) in [5.74, 6) is -0.108. The van der Waals surface area contributed by atoms with Crippen LogP contribution >= 0.6 is 0 Å². The maximum absolute atomic E-state index is 12.3. The highest BCUT2D eigenvalue weighted by Crippen LogP contribution is 2.18. The molecule has 0 spiro atoms. The molecular weight excluding hydrogens is 346 g/mol. The first-order valence-corrected chi connectivity index (χ1v) is 9.58. The molecule has 2 N–H and O–H groups in total. The number of unbranched alkanes of at least 4 members (excludes halogenated alkanes) is 3. The van der Waals surface area contributed by atoms with Gasteiger partial charge in [0.15, 0.2) is 5.78 Å². The van der Waals surface area contributed by atoms with Gasteiger partial charge < -0.3 is 9.80 Å². The number of amides is 2. The Bertz CT molecular complexity index is 637. The minimum atomic E-state index is -0.361. The van der Waals surface area contributed by atoms with Gasteiger partial charge in [-0.25, -0.2) is 5.48 Å². The van der Waals surface area contributed by atoms with E-state index in [1.54, 1.807) is 12.4 Å². The Morgan fingerprint density at radius 3 is 2.07 bits per heavy atom. The fourth-order valence-electron chi connectivity index (χ4n) is 3.25. The van der Waals surface area contributed by atoms with Crippen molar-refractivity contribution in [2.24, 2.45) is 0 Å². The number of hydroxylamine groups is 1. The first kappa shape index (κ1) is 20.9. The quantitative estimate of drug-likeness (QED) is 0.299. The molecule has 0 atom stereocenters. The first-order valence-electron chi connectivity index (χ1n) is 9.58. The summed E-state index contributed by atoms with van der Waals surface area (Å²) in [6.07, 6.45) is 4.20. The number of carbonyl (C=O) groups excluding carboxylic acids is 3. The zero-order valence-corrected chi connectivity index (χ0v) is 15.9. The maximum atomic E-state index is 12.3. The molecule has 0 aromatic heterocycles. The van der Waals surface area contributed by atoms with Gasteiger partial charge in [0.2, 0.25) is 11.8 Å². The second-order valence-corrected chi connectivity index (χ2v) is 6.92. The molecule has 0 unspecified atom stereocenters. The Hall–Kier alpha value is -2.41. The fourth-order valence-corrected chi connectivity index (χ4v) is 3.25. The molecule has 27 heavy (non-hydrogen) atoms. The lowest BCUT2D eigenvalue weighted by molar-refractivity contribution is -0.132. The van der Waals surface area contributed by atoms with E-state index in [2.05, 4.69) is 4.90 Å². The van der Waals surface area contributed by atoms with Gasteiger partial charge in [-0.3, -0.25) is 19.6 Å². The first-order chi connectivity index (χ1) is 13.0. The van der Waals surface area contributed by atoms with E-state index >= 15 is 0 Å². The molecule has 2 amide bonds. The molecule has 1 saturated heterocycles. The minimum absolute atomic E-state index is 0.0635. The Morgan fingerprint density at radius 2 is 1.52 bits per heavy atom. The Morgan fingerprint density at radius 1 is 0.926 bits per heavy atom. The molecule has 0 bridgehead atoms. The van der Waals surface area contributed by atoms with E-state index in [1.165, 1.54) is 0 Å². The molecule has 0 radical (unpaired) electrons. The molecule has 2 rings (SSSR count). The monoisotopic (exact) mass is 375 g/mol. The fraction of sp³-hybridized carbons (Fsp3) is 0.550. The van der Waals surface area contributed by atoms with Gasteiger partial charge in [0, 0.05) is 50.3 Å². The van der Waals surface area contributed by atoms with Gasteiger partial charge in [-0.15, -0.1) is 0 Å². The van der Waals surface area contributed by atoms with Crippen LogP contribution in [0.4, 0.5) is 5.69 Å². The number of piperazine rings is 1. The largest absolute Gasteiger partial charge is 0.368 e. The number of rotatable bonds is 9. The summed E-state index contributed by atoms with van der Waals surface area (Å²) < 4.78 is 0. The molecule has 0 saturated carbocycles. The van der Waals surface area contributed by atoms with Crippen molar-refractivity contribution in [1.82, 2.24) is 10.4 Å². The van der Waals surface area contributed by atoms with Gasteiger partial charge in [0.25, 0.3) is 0 Å². The second-order valence-electron chi connectivity index (χ2n) is 6.92. The van der Waals surface area contributed by atoms with Crippen LogP contribution in [0.2, 0.25) is 0 Å². The lowest BCUT2D eigenvalue weighted by atomic mass is 10.1. The van der Waals surface area contributed by atoms with Gasteiger partial charge in [0.1, 0.15) is 0 Å². The Balaban J connectivity index is 1.65. The predicted molar refractivity (Wildman–Crippen MR) is 103 cm³/mol. The van der Waals surface area contributed by atoms with E-state index in [0.717, 1.165) is 44.5 Å². The van der Waals surface area contributed by atoms with Gasteiger partial charge in [0.05, 0.1) is 0 Å². The average Bonchev–Trinajstić information content (AvgIpc) is 2.70. The summed E-state index contributed by atoms with van der Waals surface area (Å²) >= 11 is 0. The summed E-state index contributed by atoms with van der Waals surface area (Å²) in [6, 6.07) is 7.62. The van der Waals surface area contributed by atoms with Crippen molar-refractivity contribution < 1.29 is 19.6 Å². The Labute approximate surface area is 160 Å². The number of anilines is 1. The number of Topliss-reactive ketones (excluding diaryl/α,β-unsaturated/α-hetero) is 1. The molecule has 1 aliphatic heterocycles. The summed E-state index contributed by atoms with van der Waals surface area (Å²) in [7, 11) is 0. The van der Waals surface area contributed by atoms with Gasteiger partial charge in [-0.1, -0.05) is 12.8 Å².